The number of carbonyl (C=O) groups is 1. The molecular weight excluding hydrogens is 283 g/mol. The minimum absolute atomic E-state index is 0.138. The smallest absolute Gasteiger partial charge is 0.227 e. The van der Waals surface area contributed by atoms with Crippen molar-refractivity contribution in [2.45, 2.75) is 32.4 Å². The van der Waals surface area contributed by atoms with E-state index >= 15 is 0 Å². The number of rotatable bonds is 2. The largest absolute Gasteiger partial charge is 0.339 e. The lowest BCUT2D eigenvalue weighted by Gasteiger charge is -2.36. The summed E-state index contributed by atoms with van der Waals surface area (Å²) in [5.74, 6) is 0.138. The summed E-state index contributed by atoms with van der Waals surface area (Å²) in [5.41, 5.74) is 0.901. The van der Waals surface area contributed by atoms with Gasteiger partial charge in [0.1, 0.15) is 0 Å². The number of hydrogen-bond donors (Lipinski definition) is 1. The molecule has 1 aromatic rings. The lowest BCUT2D eigenvalue weighted by Crippen LogP contribution is -2.56. The molecule has 3 nitrogen and oxygen atoms in total. The summed E-state index contributed by atoms with van der Waals surface area (Å²) in [6.07, 6.45) is 0.371. The Balaban J connectivity index is 2.02. The third kappa shape index (κ3) is 3.85. The standard InChI is InChI=1S/C14H18Cl2N2O/c1-9-7-18(8-10(2)17-9)14(19)6-11-3-4-12(15)13(16)5-11/h3-5,9-10,17H,6-8H2,1-2H3/t9-,10-/m1/s1. The Bertz CT molecular complexity index is 469. The molecule has 5 heteroatoms. The zero-order chi connectivity index (χ0) is 14.0. The van der Waals surface area contributed by atoms with E-state index in [1.807, 2.05) is 11.0 Å². The van der Waals surface area contributed by atoms with Gasteiger partial charge in [-0.15, -0.1) is 0 Å². The lowest BCUT2D eigenvalue weighted by atomic mass is 10.1. The van der Waals surface area contributed by atoms with Crippen LogP contribution in [0, 0.1) is 0 Å². The molecule has 2 rings (SSSR count). The van der Waals surface area contributed by atoms with E-state index in [0.717, 1.165) is 18.7 Å². The van der Waals surface area contributed by atoms with Crippen LogP contribution in [0.1, 0.15) is 19.4 Å². The summed E-state index contributed by atoms with van der Waals surface area (Å²) in [7, 11) is 0. The zero-order valence-electron chi connectivity index (χ0n) is 11.1. The van der Waals surface area contributed by atoms with Gasteiger partial charge in [0, 0.05) is 25.2 Å². The van der Waals surface area contributed by atoms with Gasteiger partial charge in [0.15, 0.2) is 0 Å². The number of nitrogens with one attached hydrogen (secondary N) is 1. The first-order valence-electron chi connectivity index (χ1n) is 6.43. The molecule has 1 amide bonds. The monoisotopic (exact) mass is 300 g/mol. The molecule has 0 aliphatic carbocycles. The minimum atomic E-state index is 0.138. The van der Waals surface area contributed by atoms with E-state index in [1.165, 1.54) is 0 Å². The van der Waals surface area contributed by atoms with Crippen LogP contribution in [0.5, 0.6) is 0 Å². The molecule has 0 saturated carbocycles. The van der Waals surface area contributed by atoms with Crippen molar-refractivity contribution in [3.8, 4) is 0 Å². The van der Waals surface area contributed by atoms with E-state index in [-0.39, 0.29) is 5.91 Å². The van der Waals surface area contributed by atoms with Gasteiger partial charge in [-0.05, 0) is 31.5 Å². The quantitative estimate of drug-likeness (QED) is 0.911. The highest BCUT2D eigenvalue weighted by Gasteiger charge is 2.24. The van der Waals surface area contributed by atoms with Crippen molar-refractivity contribution in [2.24, 2.45) is 0 Å². The van der Waals surface area contributed by atoms with Crippen LogP contribution >= 0.6 is 23.2 Å². The number of amides is 1. The molecular formula is C14H18Cl2N2O. The van der Waals surface area contributed by atoms with Gasteiger partial charge in [-0.2, -0.15) is 0 Å². The Morgan fingerprint density at radius 3 is 2.47 bits per heavy atom. The molecule has 0 unspecified atom stereocenters. The maximum absolute atomic E-state index is 12.3. The van der Waals surface area contributed by atoms with Crippen molar-refractivity contribution in [1.82, 2.24) is 10.2 Å². The average Bonchev–Trinajstić information content (AvgIpc) is 2.32. The van der Waals surface area contributed by atoms with Crippen LogP contribution in [0.15, 0.2) is 18.2 Å². The number of hydrogen-bond acceptors (Lipinski definition) is 2. The molecule has 1 fully saturated rings. The van der Waals surface area contributed by atoms with Crippen LogP contribution < -0.4 is 5.32 Å². The van der Waals surface area contributed by atoms with Crippen LogP contribution in [-0.2, 0) is 11.2 Å². The fraction of sp³-hybridized carbons (Fsp3) is 0.500. The highest BCUT2D eigenvalue weighted by molar-refractivity contribution is 6.42. The topological polar surface area (TPSA) is 32.3 Å². The number of benzene rings is 1. The van der Waals surface area contributed by atoms with Gasteiger partial charge in [0.25, 0.3) is 0 Å². The van der Waals surface area contributed by atoms with E-state index in [4.69, 9.17) is 23.2 Å². The van der Waals surface area contributed by atoms with Crippen LogP contribution in [0.3, 0.4) is 0 Å². The predicted molar refractivity (Wildman–Crippen MR) is 78.8 cm³/mol. The Kier molecular flexibility index (Phi) is 4.71. The van der Waals surface area contributed by atoms with Crippen LogP contribution in [0.25, 0.3) is 0 Å². The molecule has 0 radical (unpaired) electrons. The maximum Gasteiger partial charge on any atom is 0.227 e. The van der Waals surface area contributed by atoms with E-state index < -0.39 is 0 Å². The van der Waals surface area contributed by atoms with Crippen molar-refractivity contribution in [2.75, 3.05) is 13.1 Å². The molecule has 1 N–H and O–H groups in total. The van der Waals surface area contributed by atoms with Crippen molar-refractivity contribution >= 4 is 29.1 Å². The van der Waals surface area contributed by atoms with Crippen molar-refractivity contribution in [3.63, 3.8) is 0 Å². The van der Waals surface area contributed by atoms with Gasteiger partial charge in [-0.1, -0.05) is 29.3 Å². The number of halogens is 2. The molecule has 2 atom stereocenters. The highest BCUT2D eigenvalue weighted by atomic mass is 35.5. The predicted octanol–water partition coefficient (Wildman–Crippen LogP) is 2.74. The molecule has 1 aromatic carbocycles. The molecule has 1 heterocycles. The first-order chi connectivity index (χ1) is 8.95. The third-order valence-corrected chi connectivity index (χ3v) is 3.99. The second kappa shape index (κ2) is 6.12. The Morgan fingerprint density at radius 2 is 1.89 bits per heavy atom. The van der Waals surface area contributed by atoms with Crippen LogP contribution in [-0.4, -0.2) is 36.0 Å². The first kappa shape index (κ1) is 14.6. The summed E-state index contributed by atoms with van der Waals surface area (Å²) < 4.78 is 0. The fourth-order valence-electron chi connectivity index (χ4n) is 2.47. The molecule has 0 spiro atoms. The maximum atomic E-state index is 12.3. The SMILES string of the molecule is C[C@@H]1CN(C(=O)Cc2ccc(Cl)c(Cl)c2)C[C@@H](C)N1. The minimum Gasteiger partial charge on any atom is -0.339 e. The number of piperazine rings is 1. The molecule has 0 aromatic heterocycles. The average molecular weight is 301 g/mol. The molecule has 1 aliphatic rings. The number of carbonyl (C=O) groups excluding carboxylic acids is 1. The van der Waals surface area contributed by atoms with Gasteiger partial charge in [0.2, 0.25) is 5.91 Å². The molecule has 1 aliphatic heterocycles. The first-order valence-corrected chi connectivity index (χ1v) is 7.19. The third-order valence-electron chi connectivity index (χ3n) is 3.25. The van der Waals surface area contributed by atoms with E-state index in [2.05, 4.69) is 19.2 Å². The summed E-state index contributed by atoms with van der Waals surface area (Å²) in [6.45, 7) is 5.69. The Hall–Kier alpha value is -0.770. The number of nitrogens with zero attached hydrogens (tertiary/aromatic N) is 1. The summed E-state index contributed by atoms with van der Waals surface area (Å²) in [4.78, 5) is 14.2. The molecule has 1 saturated heterocycles. The Labute approximate surface area is 123 Å². The van der Waals surface area contributed by atoms with Crippen molar-refractivity contribution in [3.05, 3.63) is 33.8 Å². The van der Waals surface area contributed by atoms with Gasteiger partial charge < -0.3 is 10.2 Å². The molecule has 0 bridgehead atoms. The molecule has 104 valence electrons. The second-order valence-electron chi connectivity index (χ2n) is 5.19. The van der Waals surface area contributed by atoms with Crippen molar-refractivity contribution in [1.29, 1.82) is 0 Å². The molecule has 19 heavy (non-hydrogen) atoms. The van der Waals surface area contributed by atoms with E-state index in [1.54, 1.807) is 12.1 Å². The van der Waals surface area contributed by atoms with Gasteiger partial charge in [0.05, 0.1) is 16.5 Å². The summed E-state index contributed by atoms with van der Waals surface area (Å²) in [6, 6.07) is 6.01. The summed E-state index contributed by atoms with van der Waals surface area (Å²) >= 11 is 11.8. The van der Waals surface area contributed by atoms with Crippen molar-refractivity contribution < 1.29 is 4.79 Å². The highest BCUT2D eigenvalue weighted by Crippen LogP contribution is 2.23. The van der Waals surface area contributed by atoms with Gasteiger partial charge >= 0.3 is 0 Å². The zero-order valence-corrected chi connectivity index (χ0v) is 12.6. The van der Waals surface area contributed by atoms with E-state index in [9.17, 15) is 4.79 Å². The van der Waals surface area contributed by atoms with Crippen LogP contribution in [0.4, 0.5) is 0 Å². The normalized spacial score (nSPS) is 23.5. The lowest BCUT2D eigenvalue weighted by molar-refractivity contribution is -0.132. The van der Waals surface area contributed by atoms with Gasteiger partial charge in [-0.3, -0.25) is 4.79 Å². The van der Waals surface area contributed by atoms with E-state index in [0.29, 0.717) is 28.5 Å². The fourth-order valence-corrected chi connectivity index (χ4v) is 2.79. The van der Waals surface area contributed by atoms with Crippen LogP contribution in [0.2, 0.25) is 10.0 Å². The Morgan fingerprint density at radius 1 is 1.26 bits per heavy atom. The second-order valence-corrected chi connectivity index (χ2v) is 6.01. The van der Waals surface area contributed by atoms with Gasteiger partial charge in [-0.25, -0.2) is 0 Å². The summed E-state index contributed by atoms with van der Waals surface area (Å²) in [5, 5.41) is 4.42.